The molecule has 0 fully saturated rings. The van der Waals surface area contributed by atoms with Crippen molar-refractivity contribution in [3.63, 3.8) is 0 Å². The van der Waals surface area contributed by atoms with Crippen molar-refractivity contribution in [1.82, 2.24) is 0 Å². The molecule has 0 saturated heterocycles. The van der Waals surface area contributed by atoms with E-state index in [0.717, 1.165) is 0 Å². The van der Waals surface area contributed by atoms with Gasteiger partial charge in [-0.25, -0.2) is 0 Å². The second-order valence-corrected chi connectivity index (χ2v) is 9.25. The molecule has 3 aromatic rings. The van der Waals surface area contributed by atoms with Gasteiger partial charge in [-0.3, -0.25) is 4.55 Å². The van der Waals surface area contributed by atoms with Crippen LogP contribution in [-0.4, -0.2) is 23.2 Å². The van der Waals surface area contributed by atoms with Crippen LogP contribution >= 0.6 is 46.4 Å². The van der Waals surface area contributed by atoms with E-state index in [2.05, 4.69) is 0 Å². The summed E-state index contributed by atoms with van der Waals surface area (Å²) in [6.45, 7) is 0. The highest BCUT2D eigenvalue weighted by Crippen LogP contribution is 2.51. The average molecular weight is 494 g/mol. The lowest BCUT2D eigenvalue weighted by Crippen LogP contribution is -2.38. The Morgan fingerprint density at radius 3 is 1.93 bits per heavy atom. The van der Waals surface area contributed by atoms with Gasteiger partial charge in [0.2, 0.25) is 0 Å². The van der Waals surface area contributed by atoms with Crippen molar-refractivity contribution in [2.24, 2.45) is 0 Å². The van der Waals surface area contributed by atoms with Crippen LogP contribution in [-0.2, 0) is 14.9 Å². The summed E-state index contributed by atoms with van der Waals surface area (Å²) in [4.78, 5) is 0. The highest BCUT2D eigenvalue weighted by Gasteiger charge is 2.51. The maximum atomic E-state index is 13.0. The highest BCUT2D eigenvalue weighted by atomic mass is 35.5. The van der Waals surface area contributed by atoms with Gasteiger partial charge in [0, 0.05) is 16.1 Å². The van der Waals surface area contributed by atoms with Gasteiger partial charge in [0.05, 0.1) is 15.1 Å². The molecule has 0 radical (unpaired) electrons. The van der Waals surface area contributed by atoms with Crippen molar-refractivity contribution in [2.45, 2.75) is 4.75 Å². The minimum absolute atomic E-state index is 0.00871. The van der Waals surface area contributed by atoms with Crippen molar-refractivity contribution < 1.29 is 23.2 Å². The molecule has 3 N–H and O–H groups in total. The lowest BCUT2D eigenvalue weighted by Gasteiger charge is -2.34. The summed E-state index contributed by atoms with van der Waals surface area (Å²) in [7, 11) is -5.05. The fourth-order valence-corrected chi connectivity index (χ4v) is 5.56. The van der Waals surface area contributed by atoms with Crippen molar-refractivity contribution in [3.8, 4) is 11.5 Å². The molecule has 29 heavy (non-hydrogen) atoms. The van der Waals surface area contributed by atoms with Crippen LogP contribution in [0.1, 0.15) is 16.7 Å². The number of halogens is 4. The maximum absolute atomic E-state index is 13.0. The number of hydrogen-bond donors (Lipinski definition) is 3. The first-order chi connectivity index (χ1) is 13.5. The van der Waals surface area contributed by atoms with E-state index in [9.17, 15) is 23.2 Å². The summed E-state index contributed by atoms with van der Waals surface area (Å²) in [5, 5.41) is 19.4. The molecular weight excluding hydrogens is 482 g/mol. The number of aromatic hydroxyl groups is 2. The van der Waals surface area contributed by atoms with Crippen molar-refractivity contribution in [1.29, 1.82) is 0 Å². The van der Waals surface area contributed by atoms with Crippen LogP contribution in [0.25, 0.3) is 0 Å². The summed E-state index contributed by atoms with van der Waals surface area (Å²) >= 11 is 24.7. The lowest BCUT2D eigenvalue weighted by atomic mass is 9.83. The second kappa shape index (κ2) is 7.87. The van der Waals surface area contributed by atoms with Gasteiger partial charge in [-0.1, -0.05) is 70.7 Å². The Morgan fingerprint density at radius 2 is 1.34 bits per heavy atom. The van der Waals surface area contributed by atoms with Gasteiger partial charge in [0.15, 0.2) is 4.75 Å². The van der Waals surface area contributed by atoms with Crippen LogP contribution in [0, 0.1) is 0 Å². The molecule has 0 aromatic heterocycles. The van der Waals surface area contributed by atoms with Crippen LogP contribution in [0.5, 0.6) is 11.5 Å². The number of phenols is 2. The molecule has 0 heterocycles. The first-order valence-electron chi connectivity index (χ1n) is 7.89. The highest BCUT2D eigenvalue weighted by molar-refractivity contribution is 7.87. The second-order valence-electron chi connectivity index (χ2n) is 6.09. The lowest BCUT2D eigenvalue weighted by molar-refractivity contribution is 0.455. The van der Waals surface area contributed by atoms with E-state index in [-0.39, 0.29) is 42.5 Å². The molecular formula is C19H12Cl4O5S. The zero-order valence-electron chi connectivity index (χ0n) is 14.3. The Balaban J connectivity index is 2.61. The van der Waals surface area contributed by atoms with E-state index in [1.165, 1.54) is 54.6 Å². The first-order valence-corrected chi connectivity index (χ1v) is 10.8. The Morgan fingerprint density at radius 1 is 0.759 bits per heavy atom. The number of benzene rings is 3. The van der Waals surface area contributed by atoms with E-state index >= 15 is 0 Å². The molecule has 0 aliphatic carbocycles. The number of hydrogen-bond acceptors (Lipinski definition) is 4. The Hall–Kier alpha value is -1.67. The molecule has 3 aromatic carbocycles. The zero-order chi connectivity index (χ0) is 21.6. The zero-order valence-corrected chi connectivity index (χ0v) is 18.1. The molecule has 0 aliphatic heterocycles. The molecule has 0 amide bonds. The molecule has 0 aliphatic rings. The van der Waals surface area contributed by atoms with Gasteiger partial charge >= 0.3 is 0 Å². The predicted molar refractivity (Wildman–Crippen MR) is 114 cm³/mol. The topological polar surface area (TPSA) is 94.8 Å². The van der Waals surface area contributed by atoms with Gasteiger partial charge in [0.25, 0.3) is 10.1 Å². The SMILES string of the molecule is O=S(=O)(O)C(c1ccc(O)cc1)(c1cc(Cl)c(Cl)cc1Cl)c1cccc(O)c1Cl. The number of phenolic OH excluding ortho intramolecular Hbond substituents is 2. The third kappa shape index (κ3) is 3.65. The predicted octanol–water partition coefficient (Wildman–Crippen LogP) is 5.89. The van der Waals surface area contributed by atoms with E-state index in [1.54, 1.807) is 0 Å². The van der Waals surface area contributed by atoms with Crippen molar-refractivity contribution in [2.75, 3.05) is 0 Å². The van der Waals surface area contributed by atoms with Crippen LogP contribution in [0.15, 0.2) is 54.6 Å². The summed E-state index contributed by atoms with van der Waals surface area (Å²) in [6, 6.07) is 11.4. The van der Waals surface area contributed by atoms with E-state index in [1.807, 2.05) is 0 Å². The summed E-state index contributed by atoms with van der Waals surface area (Å²) < 4.78 is 34.0. The molecule has 0 spiro atoms. The van der Waals surface area contributed by atoms with E-state index in [4.69, 9.17) is 46.4 Å². The number of rotatable bonds is 4. The average Bonchev–Trinajstić information content (AvgIpc) is 2.63. The van der Waals surface area contributed by atoms with Crippen molar-refractivity contribution >= 4 is 56.5 Å². The summed E-state index contributed by atoms with van der Waals surface area (Å²) in [5.41, 5.74) is -0.326. The van der Waals surface area contributed by atoms with Crippen LogP contribution in [0.2, 0.25) is 20.1 Å². The first kappa shape index (κ1) is 22.0. The van der Waals surface area contributed by atoms with E-state index < -0.39 is 20.6 Å². The smallest absolute Gasteiger partial charge is 0.283 e. The fourth-order valence-electron chi connectivity index (χ4n) is 3.16. The molecule has 0 saturated carbocycles. The maximum Gasteiger partial charge on any atom is 0.283 e. The third-order valence-electron chi connectivity index (χ3n) is 4.41. The molecule has 152 valence electrons. The quantitative estimate of drug-likeness (QED) is 0.239. The third-order valence-corrected chi connectivity index (χ3v) is 7.29. The summed E-state index contributed by atoms with van der Waals surface area (Å²) in [5.74, 6) is -0.549. The molecule has 3 rings (SSSR count). The largest absolute Gasteiger partial charge is 0.508 e. The minimum Gasteiger partial charge on any atom is -0.508 e. The Labute approximate surface area is 186 Å². The summed E-state index contributed by atoms with van der Waals surface area (Å²) in [6.07, 6.45) is 0. The van der Waals surface area contributed by atoms with Gasteiger partial charge in [-0.2, -0.15) is 8.42 Å². The molecule has 5 nitrogen and oxygen atoms in total. The van der Waals surface area contributed by atoms with Crippen LogP contribution in [0.3, 0.4) is 0 Å². The van der Waals surface area contributed by atoms with Crippen molar-refractivity contribution in [3.05, 3.63) is 91.4 Å². The van der Waals surface area contributed by atoms with Crippen LogP contribution in [0.4, 0.5) is 0 Å². The Kier molecular flexibility index (Phi) is 5.98. The van der Waals surface area contributed by atoms with Crippen LogP contribution < -0.4 is 0 Å². The minimum atomic E-state index is -5.05. The Bertz CT molecular complexity index is 1200. The van der Waals surface area contributed by atoms with Gasteiger partial charge in [-0.15, -0.1) is 0 Å². The molecule has 1 atom stereocenters. The molecule has 0 bridgehead atoms. The standard InChI is InChI=1S/C19H12Cl4O5S/c20-14-9-16(22)15(21)8-13(14)19(29(26,27)28,10-4-6-11(24)7-5-10)12-2-1-3-17(25)18(12)23/h1-9,24-25H,(H,26,27,28). The van der Waals surface area contributed by atoms with Gasteiger partial charge in [-0.05, 0) is 35.9 Å². The van der Waals surface area contributed by atoms with Gasteiger partial charge in [0.1, 0.15) is 11.5 Å². The molecule has 1 unspecified atom stereocenters. The van der Waals surface area contributed by atoms with Gasteiger partial charge < -0.3 is 10.2 Å². The fraction of sp³-hybridized carbons (Fsp3) is 0.0526. The monoisotopic (exact) mass is 492 g/mol. The molecule has 10 heteroatoms. The van der Waals surface area contributed by atoms with E-state index in [0.29, 0.717) is 0 Å². The normalized spacial score (nSPS) is 13.8.